The monoisotopic (exact) mass is 366 g/mol. The van der Waals surface area contributed by atoms with Gasteiger partial charge in [-0.25, -0.2) is 0 Å². The molecule has 4 rings (SSSR count). The van der Waals surface area contributed by atoms with Crippen molar-refractivity contribution < 1.29 is 4.74 Å². The molecule has 0 aliphatic carbocycles. The van der Waals surface area contributed by atoms with Crippen LogP contribution in [0.15, 0.2) is 42.5 Å². The fraction of sp³-hybridized carbons (Fsp3) is 0.450. The van der Waals surface area contributed by atoms with Crippen LogP contribution in [-0.2, 0) is 11.3 Å². The largest absolute Gasteiger partial charge is 0.373 e. The molecule has 1 aromatic carbocycles. The molecule has 0 bridgehead atoms. The Morgan fingerprint density at radius 3 is 2.85 bits per heavy atom. The van der Waals surface area contributed by atoms with Gasteiger partial charge in [-0.15, -0.1) is 15.3 Å². The van der Waals surface area contributed by atoms with Gasteiger partial charge in [0.1, 0.15) is 5.82 Å². The second-order valence-electron chi connectivity index (χ2n) is 7.02. The van der Waals surface area contributed by atoms with E-state index in [1.807, 2.05) is 19.1 Å². The maximum Gasteiger partial charge on any atom is 0.178 e. The van der Waals surface area contributed by atoms with Crippen LogP contribution in [0.5, 0.6) is 0 Å². The zero-order chi connectivity index (χ0) is 18.6. The van der Waals surface area contributed by atoms with Crippen LogP contribution >= 0.6 is 0 Å². The van der Waals surface area contributed by atoms with E-state index in [9.17, 15) is 0 Å². The number of aromatic nitrogens is 4. The van der Waals surface area contributed by atoms with E-state index < -0.39 is 0 Å². The molecule has 1 saturated heterocycles. The van der Waals surface area contributed by atoms with E-state index in [0.29, 0.717) is 0 Å². The van der Waals surface area contributed by atoms with Gasteiger partial charge in [0.25, 0.3) is 0 Å². The number of nitrogens with one attached hydrogen (secondary N) is 1. The van der Waals surface area contributed by atoms with Crippen molar-refractivity contribution >= 4 is 11.5 Å². The fourth-order valence-corrected chi connectivity index (χ4v) is 3.58. The first-order valence-corrected chi connectivity index (χ1v) is 9.56. The second-order valence-corrected chi connectivity index (χ2v) is 7.02. The first kappa shape index (κ1) is 17.9. The molecule has 2 aromatic heterocycles. The predicted octanol–water partition coefficient (Wildman–Crippen LogP) is 2.52. The molecule has 3 heterocycles. The van der Waals surface area contributed by atoms with Crippen LogP contribution < -0.4 is 5.32 Å². The SMILES string of the molecule is CCC(Nc1ccc2nnc(C)n2n1)C1CN(Cc2ccccc2)CCO1. The number of aryl methyl sites for hydroxylation is 1. The molecule has 7 nitrogen and oxygen atoms in total. The van der Waals surface area contributed by atoms with E-state index >= 15 is 0 Å². The number of nitrogens with zero attached hydrogens (tertiary/aromatic N) is 5. The van der Waals surface area contributed by atoms with Crippen LogP contribution in [0.4, 0.5) is 5.82 Å². The van der Waals surface area contributed by atoms with Crippen LogP contribution in [0.3, 0.4) is 0 Å². The van der Waals surface area contributed by atoms with Gasteiger partial charge < -0.3 is 10.1 Å². The van der Waals surface area contributed by atoms with Crippen LogP contribution in [-0.4, -0.2) is 56.6 Å². The lowest BCUT2D eigenvalue weighted by Gasteiger charge is -2.37. The molecule has 1 fully saturated rings. The van der Waals surface area contributed by atoms with Crippen molar-refractivity contribution in [2.75, 3.05) is 25.0 Å². The van der Waals surface area contributed by atoms with Gasteiger partial charge in [-0.2, -0.15) is 4.52 Å². The van der Waals surface area contributed by atoms with Crippen molar-refractivity contribution in [3.8, 4) is 0 Å². The third-order valence-electron chi connectivity index (χ3n) is 5.07. The summed E-state index contributed by atoms with van der Waals surface area (Å²) in [6.07, 6.45) is 1.09. The number of morpholine rings is 1. The molecular formula is C20H26N6O. The highest BCUT2D eigenvalue weighted by Crippen LogP contribution is 2.18. The third-order valence-corrected chi connectivity index (χ3v) is 5.07. The number of hydrogen-bond acceptors (Lipinski definition) is 6. The highest BCUT2D eigenvalue weighted by atomic mass is 16.5. The standard InChI is InChI=1S/C20H26N6O/c1-3-17(21-19-9-10-20-23-22-15(2)26(20)24-19)18-14-25(11-12-27-18)13-16-7-5-4-6-8-16/h4-10,17-18H,3,11-14H2,1-2H3,(H,21,24). The lowest BCUT2D eigenvalue weighted by molar-refractivity contribution is -0.0403. The smallest absolute Gasteiger partial charge is 0.178 e. The van der Waals surface area contributed by atoms with Crippen molar-refractivity contribution in [3.05, 3.63) is 53.9 Å². The summed E-state index contributed by atoms with van der Waals surface area (Å²) in [6.45, 7) is 7.67. The van der Waals surface area contributed by atoms with Crippen LogP contribution in [0.25, 0.3) is 5.65 Å². The molecule has 0 radical (unpaired) electrons. The highest BCUT2D eigenvalue weighted by molar-refractivity contribution is 5.44. The van der Waals surface area contributed by atoms with Gasteiger partial charge in [0.05, 0.1) is 18.8 Å². The Labute approximate surface area is 159 Å². The molecule has 7 heteroatoms. The van der Waals surface area contributed by atoms with Gasteiger partial charge in [0.15, 0.2) is 11.5 Å². The molecule has 0 spiro atoms. The summed E-state index contributed by atoms with van der Waals surface area (Å²) in [5.41, 5.74) is 2.10. The average molecular weight is 366 g/mol. The first-order valence-electron chi connectivity index (χ1n) is 9.56. The molecule has 1 aliphatic rings. The van der Waals surface area contributed by atoms with E-state index in [2.05, 4.69) is 62.8 Å². The second kappa shape index (κ2) is 8.02. The zero-order valence-electron chi connectivity index (χ0n) is 15.9. The Morgan fingerprint density at radius 2 is 2.04 bits per heavy atom. The predicted molar refractivity (Wildman–Crippen MR) is 105 cm³/mol. The van der Waals surface area contributed by atoms with E-state index in [1.165, 1.54) is 5.56 Å². The number of fused-ring (bicyclic) bond motifs is 1. The lowest BCUT2D eigenvalue weighted by atomic mass is 10.1. The maximum atomic E-state index is 6.10. The Balaban J connectivity index is 1.43. The first-order chi connectivity index (χ1) is 13.2. The summed E-state index contributed by atoms with van der Waals surface area (Å²) in [6, 6.07) is 14.7. The molecular weight excluding hydrogens is 340 g/mol. The maximum absolute atomic E-state index is 6.10. The van der Waals surface area contributed by atoms with Crippen molar-refractivity contribution in [1.82, 2.24) is 24.7 Å². The average Bonchev–Trinajstić information content (AvgIpc) is 3.07. The zero-order valence-corrected chi connectivity index (χ0v) is 15.9. The Bertz CT molecular complexity index is 881. The Hall–Kier alpha value is -2.51. The van der Waals surface area contributed by atoms with E-state index in [1.54, 1.807) is 4.52 Å². The molecule has 2 unspecified atom stereocenters. The quantitative estimate of drug-likeness (QED) is 0.723. The molecule has 0 saturated carbocycles. The van der Waals surface area contributed by atoms with E-state index in [0.717, 1.165) is 50.0 Å². The molecule has 27 heavy (non-hydrogen) atoms. The minimum atomic E-state index is 0.131. The topological polar surface area (TPSA) is 67.6 Å². The van der Waals surface area contributed by atoms with Crippen LogP contribution in [0.1, 0.15) is 24.7 Å². The molecule has 142 valence electrons. The Morgan fingerprint density at radius 1 is 1.19 bits per heavy atom. The van der Waals surface area contributed by atoms with Crippen molar-refractivity contribution in [3.63, 3.8) is 0 Å². The van der Waals surface area contributed by atoms with Crippen LogP contribution in [0.2, 0.25) is 0 Å². The fourth-order valence-electron chi connectivity index (χ4n) is 3.58. The summed E-state index contributed by atoms with van der Waals surface area (Å²) in [4.78, 5) is 2.47. The van der Waals surface area contributed by atoms with Gasteiger partial charge in [0.2, 0.25) is 0 Å². The lowest BCUT2D eigenvalue weighted by Crippen LogP contribution is -2.49. The minimum Gasteiger partial charge on any atom is -0.373 e. The van der Waals surface area contributed by atoms with Gasteiger partial charge in [-0.05, 0) is 31.0 Å². The number of hydrogen-bond donors (Lipinski definition) is 1. The summed E-state index contributed by atoms with van der Waals surface area (Å²) < 4.78 is 7.87. The van der Waals surface area contributed by atoms with Gasteiger partial charge in [0, 0.05) is 19.6 Å². The molecule has 2 atom stereocenters. The minimum absolute atomic E-state index is 0.131. The molecule has 0 amide bonds. The number of benzene rings is 1. The normalized spacial score (nSPS) is 19.3. The van der Waals surface area contributed by atoms with Gasteiger partial charge in [-0.1, -0.05) is 37.3 Å². The molecule has 3 aromatic rings. The summed E-state index contributed by atoms with van der Waals surface area (Å²) in [5.74, 6) is 1.60. The van der Waals surface area contributed by atoms with Gasteiger partial charge >= 0.3 is 0 Å². The molecule has 1 N–H and O–H groups in total. The van der Waals surface area contributed by atoms with E-state index in [4.69, 9.17) is 4.74 Å². The van der Waals surface area contributed by atoms with Gasteiger partial charge in [-0.3, -0.25) is 4.90 Å². The summed E-state index contributed by atoms with van der Waals surface area (Å²) in [7, 11) is 0. The third kappa shape index (κ3) is 4.09. The number of rotatable bonds is 6. The van der Waals surface area contributed by atoms with Crippen molar-refractivity contribution in [2.45, 2.75) is 39.0 Å². The number of anilines is 1. The highest BCUT2D eigenvalue weighted by Gasteiger charge is 2.27. The van der Waals surface area contributed by atoms with Crippen molar-refractivity contribution in [2.24, 2.45) is 0 Å². The summed E-state index contributed by atoms with van der Waals surface area (Å²) in [5, 5.41) is 16.3. The number of ether oxygens (including phenoxy) is 1. The van der Waals surface area contributed by atoms with Crippen LogP contribution in [0, 0.1) is 6.92 Å². The summed E-state index contributed by atoms with van der Waals surface area (Å²) >= 11 is 0. The molecule has 1 aliphatic heterocycles. The van der Waals surface area contributed by atoms with Crippen molar-refractivity contribution in [1.29, 1.82) is 0 Å². The Kier molecular flexibility index (Phi) is 5.31. The van der Waals surface area contributed by atoms with E-state index in [-0.39, 0.29) is 12.1 Å².